The molecule has 0 aliphatic carbocycles. The Labute approximate surface area is 76.5 Å². The van der Waals surface area contributed by atoms with Gasteiger partial charge in [-0.3, -0.25) is 9.09 Å². The summed E-state index contributed by atoms with van der Waals surface area (Å²) in [5.41, 5.74) is 0. The predicted molar refractivity (Wildman–Crippen MR) is 44.7 cm³/mol. The molecule has 0 aromatic heterocycles. The molecule has 0 saturated carbocycles. The summed E-state index contributed by atoms with van der Waals surface area (Å²) in [4.78, 5) is 0. The van der Waals surface area contributed by atoms with Gasteiger partial charge in [-0.25, -0.2) is 0 Å². The Morgan fingerprint density at radius 2 is 2.31 bits per heavy atom. The zero-order valence-corrected chi connectivity index (χ0v) is 8.28. The molecule has 13 heavy (non-hydrogen) atoms. The monoisotopic (exact) mass is 208 g/mol. The Morgan fingerprint density at radius 3 is 2.77 bits per heavy atom. The first kappa shape index (κ1) is 9.62. The van der Waals surface area contributed by atoms with Gasteiger partial charge in [-0.15, -0.1) is 0 Å². The standard InChI is InChI=1S/C7H13O5P/c1-5(8)7-3-11-13(9,12-7)4-6-2-10-6/h5-8H,2-4H2,1H3. The number of rotatable bonds is 3. The van der Waals surface area contributed by atoms with Crippen molar-refractivity contribution in [3.8, 4) is 0 Å². The van der Waals surface area contributed by atoms with Crippen LogP contribution < -0.4 is 0 Å². The zero-order chi connectivity index (χ0) is 9.47. The molecular weight excluding hydrogens is 195 g/mol. The fourth-order valence-corrected chi connectivity index (χ4v) is 3.19. The second-order valence-electron chi connectivity index (χ2n) is 3.43. The van der Waals surface area contributed by atoms with Crippen molar-refractivity contribution in [3.05, 3.63) is 0 Å². The van der Waals surface area contributed by atoms with Crippen LogP contribution in [0.4, 0.5) is 0 Å². The molecular formula is C7H13O5P. The van der Waals surface area contributed by atoms with Crippen LogP contribution >= 0.6 is 7.60 Å². The second kappa shape index (κ2) is 3.33. The van der Waals surface area contributed by atoms with Gasteiger partial charge in [0.2, 0.25) is 0 Å². The van der Waals surface area contributed by atoms with Crippen LogP contribution in [0, 0.1) is 0 Å². The number of ether oxygens (including phenoxy) is 1. The van der Waals surface area contributed by atoms with Crippen LogP contribution in [-0.4, -0.2) is 42.8 Å². The fraction of sp³-hybridized carbons (Fsp3) is 1.00. The molecule has 2 saturated heterocycles. The van der Waals surface area contributed by atoms with Gasteiger partial charge in [-0.1, -0.05) is 0 Å². The summed E-state index contributed by atoms with van der Waals surface area (Å²) in [7, 11) is -2.96. The Balaban J connectivity index is 1.90. The maximum absolute atomic E-state index is 11.7. The van der Waals surface area contributed by atoms with E-state index in [4.69, 9.17) is 13.8 Å². The SMILES string of the molecule is CC(O)C1COP(=O)(CC2CO2)O1. The molecule has 6 heteroatoms. The van der Waals surface area contributed by atoms with E-state index in [9.17, 15) is 9.67 Å². The molecule has 0 aromatic rings. The molecule has 2 aliphatic rings. The van der Waals surface area contributed by atoms with Gasteiger partial charge >= 0.3 is 7.60 Å². The number of aliphatic hydroxyl groups is 1. The van der Waals surface area contributed by atoms with Gasteiger partial charge in [-0.05, 0) is 6.92 Å². The summed E-state index contributed by atoms with van der Waals surface area (Å²) in [5.74, 6) is 0. The van der Waals surface area contributed by atoms with E-state index in [0.717, 1.165) is 0 Å². The van der Waals surface area contributed by atoms with E-state index in [1.165, 1.54) is 0 Å². The lowest BCUT2D eigenvalue weighted by atomic mass is 10.2. The lowest BCUT2D eigenvalue weighted by Gasteiger charge is -2.11. The van der Waals surface area contributed by atoms with Gasteiger partial charge in [0.25, 0.3) is 0 Å². The Morgan fingerprint density at radius 1 is 1.62 bits per heavy atom. The van der Waals surface area contributed by atoms with Crippen LogP contribution in [0.1, 0.15) is 6.92 Å². The average molecular weight is 208 g/mol. The van der Waals surface area contributed by atoms with Gasteiger partial charge in [0.1, 0.15) is 6.10 Å². The van der Waals surface area contributed by atoms with Crippen molar-refractivity contribution in [1.29, 1.82) is 0 Å². The summed E-state index contributed by atoms with van der Waals surface area (Å²) in [6.45, 7) is 2.44. The van der Waals surface area contributed by atoms with Gasteiger partial charge in [0.15, 0.2) is 0 Å². The maximum Gasteiger partial charge on any atom is 0.333 e. The molecule has 2 heterocycles. The Bertz CT molecular complexity index is 237. The minimum atomic E-state index is -2.96. The number of hydrogen-bond acceptors (Lipinski definition) is 5. The van der Waals surface area contributed by atoms with E-state index in [-0.39, 0.29) is 12.7 Å². The summed E-state index contributed by atoms with van der Waals surface area (Å²) in [6, 6.07) is 0. The molecule has 4 unspecified atom stereocenters. The second-order valence-corrected chi connectivity index (χ2v) is 5.49. The molecule has 4 atom stereocenters. The first-order valence-electron chi connectivity index (χ1n) is 4.31. The van der Waals surface area contributed by atoms with Crippen LogP contribution in [0.25, 0.3) is 0 Å². The third kappa shape index (κ3) is 2.30. The Hall–Kier alpha value is 0.0700. The molecule has 0 radical (unpaired) electrons. The highest BCUT2D eigenvalue weighted by Gasteiger charge is 2.43. The average Bonchev–Trinajstić information content (AvgIpc) is 2.73. The maximum atomic E-state index is 11.7. The van der Waals surface area contributed by atoms with E-state index in [1.807, 2.05) is 0 Å². The molecule has 0 bridgehead atoms. The first-order chi connectivity index (χ1) is 6.09. The highest BCUT2D eigenvalue weighted by Crippen LogP contribution is 2.56. The lowest BCUT2D eigenvalue weighted by Crippen LogP contribution is -2.24. The van der Waals surface area contributed by atoms with Crippen LogP contribution in [-0.2, 0) is 18.3 Å². The van der Waals surface area contributed by atoms with Crippen molar-refractivity contribution in [1.82, 2.24) is 0 Å². The summed E-state index contributed by atoms with van der Waals surface area (Å²) < 4.78 is 26.9. The van der Waals surface area contributed by atoms with E-state index in [1.54, 1.807) is 6.92 Å². The minimum absolute atomic E-state index is 0.0265. The minimum Gasteiger partial charge on any atom is -0.391 e. The van der Waals surface area contributed by atoms with Crippen LogP contribution in [0.15, 0.2) is 0 Å². The molecule has 2 rings (SSSR count). The number of hydrogen-bond donors (Lipinski definition) is 1. The van der Waals surface area contributed by atoms with Gasteiger partial charge in [0.05, 0.1) is 31.6 Å². The lowest BCUT2D eigenvalue weighted by molar-refractivity contribution is 0.0623. The summed E-state index contributed by atoms with van der Waals surface area (Å²) >= 11 is 0. The Kier molecular flexibility index (Phi) is 2.47. The largest absolute Gasteiger partial charge is 0.391 e. The molecule has 2 aliphatic heterocycles. The van der Waals surface area contributed by atoms with E-state index < -0.39 is 19.8 Å². The predicted octanol–water partition coefficient (Wildman–Crippen LogP) is 0.374. The van der Waals surface area contributed by atoms with Crippen LogP contribution in [0.3, 0.4) is 0 Å². The van der Waals surface area contributed by atoms with Gasteiger partial charge in [0, 0.05) is 0 Å². The molecule has 1 N–H and O–H groups in total. The van der Waals surface area contributed by atoms with Crippen molar-refractivity contribution in [2.45, 2.75) is 25.2 Å². The zero-order valence-electron chi connectivity index (χ0n) is 7.38. The third-order valence-corrected chi connectivity index (χ3v) is 4.09. The normalized spacial score (nSPS) is 46.3. The van der Waals surface area contributed by atoms with Crippen molar-refractivity contribution in [3.63, 3.8) is 0 Å². The molecule has 0 spiro atoms. The van der Waals surface area contributed by atoms with Crippen molar-refractivity contribution < 1.29 is 23.5 Å². The van der Waals surface area contributed by atoms with Crippen molar-refractivity contribution >= 4 is 7.60 Å². The van der Waals surface area contributed by atoms with Crippen LogP contribution in [0.5, 0.6) is 0 Å². The highest BCUT2D eigenvalue weighted by molar-refractivity contribution is 7.54. The summed E-state index contributed by atoms with van der Waals surface area (Å²) in [5, 5.41) is 9.18. The van der Waals surface area contributed by atoms with E-state index >= 15 is 0 Å². The molecule has 0 amide bonds. The molecule has 2 fully saturated rings. The summed E-state index contributed by atoms with van der Waals surface area (Å²) in [6.07, 6.45) is -0.755. The third-order valence-electron chi connectivity index (χ3n) is 2.10. The molecule has 0 aromatic carbocycles. The van der Waals surface area contributed by atoms with E-state index in [2.05, 4.69) is 0 Å². The smallest absolute Gasteiger partial charge is 0.333 e. The molecule has 5 nitrogen and oxygen atoms in total. The number of epoxide rings is 1. The highest BCUT2D eigenvalue weighted by atomic mass is 31.2. The van der Waals surface area contributed by atoms with E-state index in [0.29, 0.717) is 12.8 Å². The topological polar surface area (TPSA) is 68.3 Å². The van der Waals surface area contributed by atoms with Crippen molar-refractivity contribution in [2.75, 3.05) is 19.4 Å². The quantitative estimate of drug-likeness (QED) is 0.536. The van der Waals surface area contributed by atoms with Crippen LogP contribution in [0.2, 0.25) is 0 Å². The first-order valence-corrected chi connectivity index (χ1v) is 6.03. The fourth-order valence-electron chi connectivity index (χ4n) is 1.20. The van der Waals surface area contributed by atoms with Gasteiger partial charge < -0.3 is 14.4 Å². The van der Waals surface area contributed by atoms with Crippen molar-refractivity contribution in [2.24, 2.45) is 0 Å². The molecule has 76 valence electrons. The number of aliphatic hydroxyl groups excluding tert-OH is 1. The van der Waals surface area contributed by atoms with Gasteiger partial charge in [-0.2, -0.15) is 0 Å².